The quantitative estimate of drug-likeness (QED) is 0.369. The van der Waals surface area contributed by atoms with Gasteiger partial charge in [0.25, 0.3) is 0 Å². The smallest absolute Gasteiger partial charge is 0.194 e. The van der Waals surface area contributed by atoms with Gasteiger partial charge in [-0.05, 0) is 38.7 Å². The van der Waals surface area contributed by atoms with Crippen molar-refractivity contribution in [3.05, 3.63) is 60.3 Å². The number of anilines is 1. The van der Waals surface area contributed by atoms with E-state index in [-0.39, 0.29) is 30.0 Å². The van der Waals surface area contributed by atoms with Gasteiger partial charge in [-0.1, -0.05) is 36.4 Å². The Labute approximate surface area is 192 Å². The number of hydrogen-bond acceptors (Lipinski definition) is 4. The fourth-order valence-corrected chi connectivity index (χ4v) is 3.53. The van der Waals surface area contributed by atoms with E-state index < -0.39 is 0 Å². The zero-order chi connectivity index (χ0) is 19.8. The number of nitrogens with one attached hydrogen (secondary N) is 1. The van der Waals surface area contributed by atoms with Crippen LogP contribution in [0, 0.1) is 0 Å². The molecule has 7 heteroatoms. The number of guanidine groups is 1. The van der Waals surface area contributed by atoms with Gasteiger partial charge in [0.2, 0.25) is 0 Å². The second-order valence-corrected chi connectivity index (χ2v) is 7.25. The normalized spacial score (nSPS) is 15.8. The number of aliphatic imine (C=N–C) groups is 1. The lowest BCUT2D eigenvalue weighted by Gasteiger charge is -2.37. The molecule has 1 aliphatic heterocycles. The lowest BCUT2D eigenvalue weighted by molar-refractivity contribution is 0.303. The Morgan fingerprint density at radius 2 is 1.76 bits per heavy atom. The van der Waals surface area contributed by atoms with Crippen LogP contribution in [0.5, 0.6) is 0 Å². The molecule has 2 heterocycles. The molecule has 2 aromatic rings. The first-order valence-corrected chi connectivity index (χ1v) is 10.1. The molecule has 1 unspecified atom stereocenters. The zero-order valence-electron chi connectivity index (χ0n) is 17.7. The van der Waals surface area contributed by atoms with E-state index in [2.05, 4.69) is 82.4 Å². The highest BCUT2D eigenvalue weighted by molar-refractivity contribution is 14.0. The summed E-state index contributed by atoms with van der Waals surface area (Å²) in [5.74, 6) is 2.06. The van der Waals surface area contributed by atoms with E-state index in [4.69, 9.17) is 4.99 Å². The van der Waals surface area contributed by atoms with Gasteiger partial charge in [-0.3, -0.25) is 4.99 Å². The first-order valence-electron chi connectivity index (χ1n) is 10.1. The molecule has 1 aliphatic rings. The van der Waals surface area contributed by atoms with Gasteiger partial charge in [-0.15, -0.1) is 24.0 Å². The summed E-state index contributed by atoms with van der Waals surface area (Å²) in [4.78, 5) is 16.4. The summed E-state index contributed by atoms with van der Waals surface area (Å²) in [7, 11) is 4.23. The van der Waals surface area contributed by atoms with Crippen molar-refractivity contribution in [2.24, 2.45) is 4.99 Å². The molecule has 1 saturated heterocycles. The highest BCUT2D eigenvalue weighted by atomic mass is 127. The summed E-state index contributed by atoms with van der Waals surface area (Å²) in [6.45, 7) is 7.53. The Kier molecular flexibility index (Phi) is 9.66. The lowest BCUT2D eigenvalue weighted by atomic mass is 10.1. The summed E-state index contributed by atoms with van der Waals surface area (Å²) in [5, 5.41) is 3.48. The van der Waals surface area contributed by atoms with Gasteiger partial charge in [-0.2, -0.15) is 0 Å². The van der Waals surface area contributed by atoms with Crippen LogP contribution in [0.4, 0.5) is 5.82 Å². The monoisotopic (exact) mass is 508 g/mol. The van der Waals surface area contributed by atoms with Crippen LogP contribution in [0.15, 0.2) is 59.7 Å². The molecule has 0 radical (unpaired) electrons. The summed E-state index contributed by atoms with van der Waals surface area (Å²) in [5.41, 5.74) is 1.30. The van der Waals surface area contributed by atoms with E-state index in [1.54, 1.807) is 0 Å². The van der Waals surface area contributed by atoms with Gasteiger partial charge in [0, 0.05) is 38.9 Å². The van der Waals surface area contributed by atoms with Crippen LogP contribution in [0.1, 0.15) is 18.5 Å². The van der Waals surface area contributed by atoms with Crippen molar-refractivity contribution in [2.45, 2.75) is 13.0 Å². The SMILES string of the molecule is CCNC(=NCC(c1ccccc1)N(C)C)N1CCN(c2ccccn2)CC1.I. The maximum atomic E-state index is 4.99. The Bertz CT molecular complexity index is 729. The molecular formula is C22H33IN6. The molecule has 1 aromatic heterocycles. The molecule has 0 amide bonds. The van der Waals surface area contributed by atoms with E-state index >= 15 is 0 Å². The average molecular weight is 508 g/mol. The molecule has 6 nitrogen and oxygen atoms in total. The molecule has 158 valence electrons. The fraction of sp³-hybridized carbons (Fsp3) is 0.455. The standard InChI is InChI=1S/C22H32N6.HI/c1-4-23-22(25-18-20(26(2)3)19-10-6-5-7-11-19)28-16-14-27(15-17-28)21-12-8-9-13-24-21;/h5-13,20H,4,14-18H2,1-3H3,(H,23,25);1H. The Hall–Kier alpha value is -1.87. The minimum Gasteiger partial charge on any atom is -0.357 e. The van der Waals surface area contributed by atoms with Crippen molar-refractivity contribution in [1.82, 2.24) is 20.1 Å². The van der Waals surface area contributed by atoms with Gasteiger partial charge in [-0.25, -0.2) is 4.98 Å². The van der Waals surface area contributed by atoms with Crippen molar-refractivity contribution in [2.75, 3.05) is 58.3 Å². The number of benzene rings is 1. The number of pyridine rings is 1. The van der Waals surface area contributed by atoms with Gasteiger partial charge in [0.05, 0.1) is 12.6 Å². The van der Waals surface area contributed by atoms with Crippen molar-refractivity contribution in [1.29, 1.82) is 0 Å². The number of aromatic nitrogens is 1. The lowest BCUT2D eigenvalue weighted by Crippen LogP contribution is -2.53. The topological polar surface area (TPSA) is 47.0 Å². The van der Waals surface area contributed by atoms with Gasteiger partial charge >= 0.3 is 0 Å². The molecule has 0 aliphatic carbocycles. The van der Waals surface area contributed by atoms with E-state index in [1.807, 2.05) is 18.3 Å². The highest BCUT2D eigenvalue weighted by Gasteiger charge is 2.21. The number of piperazine rings is 1. The molecule has 0 bridgehead atoms. The maximum absolute atomic E-state index is 4.99. The molecule has 29 heavy (non-hydrogen) atoms. The predicted octanol–water partition coefficient (Wildman–Crippen LogP) is 3.09. The molecule has 1 atom stereocenters. The van der Waals surface area contributed by atoms with Gasteiger partial charge in [0.15, 0.2) is 5.96 Å². The number of likely N-dealkylation sites (N-methyl/N-ethyl adjacent to an activating group) is 1. The van der Waals surface area contributed by atoms with Crippen LogP contribution in [0.2, 0.25) is 0 Å². The number of hydrogen-bond donors (Lipinski definition) is 1. The number of halogens is 1. The van der Waals surface area contributed by atoms with E-state index in [0.717, 1.165) is 51.0 Å². The molecule has 1 fully saturated rings. The second-order valence-electron chi connectivity index (χ2n) is 7.25. The van der Waals surface area contributed by atoms with Crippen LogP contribution in [0.25, 0.3) is 0 Å². The van der Waals surface area contributed by atoms with Crippen LogP contribution >= 0.6 is 24.0 Å². The van der Waals surface area contributed by atoms with Crippen molar-refractivity contribution in [3.8, 4) is 0 Å². The summed E-state index contributed by atoms with van der Waals surface area (Å²) in [6, 6.07) is 17.0. The fourth-order valence-electron chi connectivity index (χ4n) is 3.53. The van der Waals surface area contributed by atoms with Crippen LogP contribution in [-0.4, -0.2) is 74.1 Å². The van der Waals surface area contributed by atoms with E-state index in [0.29, 0.717) is 0 Å². The Balaban J connectivity index is 0.00000300. The Morgan fingerprint density at radius 3 is 2.34 bits per heavy atom. The molecular weight excluding hydrogens is 475 g/mol. The second kappa shape index (κ2) is 12.0. The number of rotatable bonds is 6. The first kappa shape index (κ1) is 23.4. The third-order valence-electron chi connectivity index (χ3n) is 5.11. The zero-order valence-corrected chi connectivity index (χ0v) is 20.0. The summed E-state index contributed by atoms with van der Waals surface area (Å²) < 4.78 is 0. The van der Waals surface area contributed by atoms with Crippen molar-refractivity contribution < 1.29 is 0 Å². The maximum Gasteiger partial charge on any atom is 0.194 e. The highest BCUT2D eigenvalue weighted by Crippen LogP contribution is 2.18. The number of nitrogens with zero attached hydrogens (tertiary/aromatic N) is 5. The Morgan fingerprint density at radius 1 is 1.07 bits per heavy atom. The van der Waals surface area contributed by atoms with Crippen LogP contribution in [-0.2, 0) is 0 Å². The first-order chi connectivity index (χ1) is 13.7. The average Bonchev–Trinajstić information content (AvgIpc) is 2.74. The van der Waals surface area contributed by atoms with Gasteiger partial charge in [0.1, 0.15) is 5.82 Å². The predicted molar refractivity (Wildman–Crippen MR) is 132 cm³/mol. The molecule has 0 spiro atoms. The molecule has 1 aromatic carbocycles. The summed E-state index contributed by atoms with van der Waals surface area (Å²) in [6.07, 6.45) is 1.86. The van der Waals surface area contributed by atoms with Gasteiger partial charge < -0.3 is 20.0 Å². The van der Waals surface area contributed by atoms with E-state index in [9.17, 15) is 0 Å². The van der Waals surface area contributed by atoms with Crippen LogP contribution in [0.3, 0.4) is 0 Å². The molecule has 3 rings (SSSR count). The van der Waals surface area contributed by atoms with Crippen molar-refractivity contribution in [3.63, 3.8) is 0 Å². The largest absolute Gasteiger partial charge is 0.357 e. The minimum atomic E-state index is 0. The third-order valence-corrected chi connectivity index (χ3v) is 5.11. The minimum absolute atomic E-state index is 0. The molecule has 0 saturated carbocycles. The van der Waals surface area contributed by atoms with Crippen molar-refractivity contribution >= 4 is 35.8 Å². The van der Waals surface area contributed by atoms with Crippen LogP contribution < -0.4 is 10.2 Å². The molecule has 1 N–H and O–H groups in total. The third kappa shape index (κ3) is 6.57. The van der Waals surface area contributed by atoms with E-state index in [1.165, 1.54) is 5.56 Å². The summed E-state index contributed by atoms with van der Waals surface area (Å²) >= 11 is 0.